The van der Waals surface area contributed by atoms with Crippen LogP contribution in [0.15, 0.2) is 36.9 Å². The van der Waals surface area contributed by atoms with Crippen molar-refractivity contribution in [2.45, 2.75) is 52.2 Å². The van der Waals surface area contributed by atoms with Crippen LogP contribution in [0.2, 0.25) is 0 Å². The van der Waals surface area contributed by atoms with Crippen LogP contribution in [-0.4, -0.2) is 17.7 Å². The van der Waals surface area contributed by atoms with Crippen LogP contribution in [-0.2, 0) is 4.74 Å². The number of anilines is 2. The lowest BCUT2D eigenvalue weighted by Crippen LogP contribution is -2.27. The Bertz CT molecular complexity index is 461. The van der Waals surface area contributed by atoms with Gasteiger partial charge in [-0.05, 0) is 64.8 Å². The second-order valence-corrected chi connectivity index (χ2v) is 6.12. The Hall–Kier alpha value is -1.97. The van der Waals surface area contributed by atoms with Gasteiger partial charge in [-0.3, -0.25) is 5.32 Å². The highest BCUT2D eigenvalue weighted by Crippen LogP contribution is 2.17. The van der Waals surface area contributed by atoms with Crippen molar-refractivity contribution in [1.82, 2.24) is 0 Å². The molecule has 0 aliphatic heterocycles. The van der Waals surface area contributed by atoms with E-state index in [1.165, 1.54) is 0 Å². The van der Waals surface area contributed by atoms with E-state index in [0.717, 1.165) is 18.5 Å². The number of benzene rings is 1. The number of carbonyl (C=O) groups excluding carboxylic acids is 1. The smallest absolute Gasteiger partial charge is 0.412 e. The first-order valence-corrected chi connectivity index (χ1v) is 7.27. The normalized spacial score (nSPS) is 12.4. The van der Waals surface area contributed by atoms with Crippen molar-refractivity contribution in [2.75, 3.05) is 10.6 Å². The zero-order chi connectivity index (χ0) is 15.9. The zero-order valence-electron chi connectivity index (χ0n) is 13.4. The minimum atomic E-state index is -0.494. The lowest BCUT2D eigenvalue weighted by atomic mass is 10.1. The molecule has 0 aliphatic rings. The van der Waals surface area contributed by atoms with E-state index >= 15 is 0 Å². The SMILES string of the molecule is C=CCCC(C)Nc1ccc(NC(=O)OC(C)(C)C)cc1. The highest BCUT2D eigenvalue weighted by atomic mass is 16.6. The van der Waals surface area contributed by atoms with E-state index in [4.69, 9.17) is 4.74 Å². The third-order valence-corrected chi connectivity index (χ3v) is 2.75. The topological polar surface area (TPSA) is 50.4 Å². The first-order chi connectivity index (χ1) is 9.80. The van der Waals surface area contributed by atoms with Crippen LogP contribution in [0.3, 0.4) is 0 Å². The van der Waals surface area contributed by atoms with Crippen molar-refractivity contribution < 1.29 is 9.53 Å². The number of carbonyl (C=O) groups is 1. The Morgan fingerprint density at radius 1 is 1.29 bits per heavy atom. The van der Waals surface area contributed by atoms with Gasteiger partial charge in [-0.15, -0.1) is 6.58 Å². The molecule has 0 spiro atoms. The molecule has 0 bridgehead atoms. The molecule has 0 aromatic heterocycles. The minimum absolute atomic E-state index is 0.382. The van der Waals surface area contributed by atoms with Crippen LogP contribution in [0.5, 0.6) is 0 Å². The van der Waals surface area contributed by atoms with Gasteiger partial charge in [-0.2, -0.15) is 0 Å². The maximum atomic E-state index is 11.7. The molecule has 1 aromatic rings. The molecular formula is C17H26N2O2. The average Bonchev–Trinajstić information content (AvgIpc) is 2.36. The van der Waals surface area contributed by atoms with E-state index in [2.05, 4.69) is 24.1 Å². The Morgan fingerprint density at radius 2 is 1.86 bits per heavy atom. The van der Waals surface area contributed by atoms with Gasteiger partial charge in [0.05, 0.1) is 0 Å². The molecule has 4 heteroatoms. The van der Waals surface area contributed by atoms with Gasteiger partial charge in [-0.25, -0.2) is 4.79 Å². The predicted octanol–water partition coefficient (Wildman–Crippen LogP) is 4.80. The summed E-state index contributed by atoms with van der Waals surface area (Å²) in [5.74, 6) is 0. The molecule has 1 atom stereocenters. The molecule has 0 saturated carbocycles. The van der Waals surface area contributed by atoms with Gasteiger partial charge >= 0.3 is 6.09 Å². The summed E-state index contributed by atoms with van der Waals surface area (Å²) < 4.78 is 5.21. The third-order valence-electron chi connectivity index (χ3n) is 2.75. The highest BCUT2D eigenvalue weighted by molar-refractivity contribution is 5.85. The number of hydrogen-bond acceptors (Lipinski definition) is 3. The Balaban J connectivity index is 2.50. The molecular weight excluding hydrogens is 264 g/mol. The Morgan fingerprint density at radius 3 is 2.38 bits per heavy atom. The monoisotopic (exact) mass is 290 g/mol. The number of ether oxygens (including phenoxy) is 1. The largest absolute Gasteiger partial charge is 0.444 e. The molecule has 1 unspecified atom stereocenters. The van der Waals surface area contributed by atoms with Crippen LogP contribution >= 0.6 is 0 Å². The van der Waals surface area contributed by atoms with Crippen LogP contribution in [0.25, 0.3) is 0 Å². The summed E-state index contributed by atoms with van der Waals surface area (Å²) >= 11 is 0. The van der Waals surface area contributed by atoms with Crippen molar-refractivity contribution >= 4 is 17.5 Å². The molecule has 4 nitrogen and oxygen atoms in total. The van der Waals surface area contributed by atoms with E-state index in [-0.39, 0.29) is 0 Å². The molecule has 0 radical (unpaired) electrons. The molecule has 2 N–H and O–H groups in total. The maximum absolute atomic E-state index is 11.7. The number of allylic oxidation sites excluding steroid dienone is 1. The summed E-state index contributed by atoms with van der Waals surface area (Å²) in [5.41, 5.74) is 1.25. The van der Waals surface area contributed by atoms with Gasteiger partial charge in [0, 0.05) is 17.4 Å². The summed E-state index contributed by atoms with van der Waals surface area (Å²) in [6.07, 6.45) is 3.52. The summed E-state index contributed by atoms with van der Waals surface area (Å²) in [6.45, 7) is 11.4. The summed E-state index contributed by atoms with van der Waals surface area (Å²) in [4.78, 5) is 11.7. The first kappa shape index (κ1) is 17.1. The third kappa shape index (κ3) is 7.40. The Labute approximate surface area is 127 Å². The highest BCUT2D eigenvalue weighted by Gasteiger charge is 2.16. The van der Waals surface area contributed by atoms with Crippen molar-refractivity contribution in [3.63, 3.8) is 0 Å². The fraction of sp³-hybridized carbons (Fsp3) is 0.471. The first-order valence-electron chi connectivity index (χ1n) is 7.27. The minimum Gasteiger partial charge on any atom is -0.444 e. The second kappa shape index (κ2) is 7.72. The molecule has 0 heterocycles. The van der Waals surface area contributed by atoms with Crippen LogP contribution < -0.4 is 10.6 Å². The zero-order valence-corrected chi connectivity index (χ0v) is 13.4. The number of amides is 1. The van der Waals surface area contributed by atoms with Crippen molar-refractivity contribution in [3.05, 3.63) is 36.9 Å². The van der Waals surface area contributed by atoms with Crippen molar-refractivity contribution in [3.8, 4) is 0 Å². The number of hydrogen-bond donors (Lipinski definition) is 2. The van der Waals surface area contributed by atoms with Gasteiger partial charge in [0.15, 0.2) is 0 Å². The molecule has 116 valence electrons. The maximum Gasteiger partial charge on any atom is 0.412 e. The van der Waals surface area contributed by atoms with E-state index < -0.39 is 11.7 Å². The van der Waals surface area contributed by atoms with Crippen LogP contribution in [0.1, 0.15) is 40.5 Å². The Kier molecular flexibility index (Phi) is 6.28. The molecule has 21 heavy (non-hydrogen) atoms. The summed E-state index contributed by atoms with van der Waals surface area (Å²) in [6, 6.07) is 7.97. The molecule has 1 rings (SSSR count). The standard InChI is InChI=1S/C17H26N2O2/c1-6-7-8-13(2)18-14-9-11-15(12-10-14)19-16(20)21-17(3,4)5/h6,9-13,18H,1,7-8H2,2-5H3,(H,19,20). The average molecular weight is 290 g/mol. The van der Waals surface area contributed by atoms with Gasteiger partial charge in [0.1, 0.15) is 5.60 Å². The predicted molar refractivity (Wildman–Crippen MR) is 88.8 cm³/mol. The molecule has 1 amide bonds. The van der Waals surface area contributed by atoms with Crippen LogP contribution in [0.4, 0.5) is 16.2 Å². The fourth-order valence-electron chi connectivity index (χ4n) is 1.80. The lowest BCUT2D eigenvalue weighted by Gasteiger charge is -2.20. The number of rotatable bonds is 6. The molecule has 0 aliphatic carbocycles. The van der Waals surface area contributed by atoms with E-state index in [1.54, 1.807) is 0 Å². The van der Waals surface area contributed by atoms with E-state index in [1.807, 2.05) is 51.1 Å². The van der Waals surface area contributed by atoms with Gasteiger partial charge < -0.3 is 10.1 Å². The molecule has 1 aromatic carbocycles. The van der Waals surface area contributed by atoms with Gasteiger partial charge in [0.2, 0.25) is 0 Å². The van der Waals surface area contributed by atoms with E-state index in [9.17, 15) is 4.79 Å². The van der Waals surface area contributed by atoms with Gasteiger partial charge in [0.25, 0.3) is 0 Å². The summed E-state index contributed by atoms with van der Waals surface area (Å²) in [7, 11) is 0. The van der Waals surface area contributed by atoms with Gasteiger partial charge in [-0.1, -0.05) is 6.08 Å². The second-order valence-electron chi connectivity index (χ2n) is 6.12. The molecule has 0 fully saturated rings. The summed E-state index contributed by atoms with van der Waals surface area (Å²) in [5, 5.41) is 6.11. The van der Waals surface area contributed by atoms with Crippen molar-refractivity contribution in [1.29, 1.82) is 0 Å². The quantitative estimate of drug-likeness (QED) is 0.740. The van der Waals surface area contributed by atoms with E-state index in [0.29, 0.717) is 11.7 Å². The fourth-order valence-corrected chi connectivity index (χ4v) is 1.80. The molecule has 0 saturated heterocycles. The van der Waals surface area contributed by atoms with Crippen LogP contribution in [0, 0.1) is 0 Å². The number of nitrogens with one attached hydrogen (secondary N) is 2. The van der Waals surface area contributed by atoms with Crippen molar-refractivity contribution in [2.24, 2.45) is 0 Å². The lowest BCUT2D eigenvalue weighted by molar-refractivity contribution is 0.0636.